The van der Waals surface area contributed by atoms with Gasteiger partial charge in [-0.2, -0.15) is 10.5 Å². The van der Waals surface area contributed by atoms with E-state index in [-0.39, 0.29) is 17.3 Å². The van der Waals surface area contributed by atoms with Gasteiger partial charge < -0.3 is 0 Å². The number of hydrogen-bond acceptors (Lipinski definition) is 3. The van der Waals surface area contributed by atoms with E-state index in [0.29, 0.717) is 16.1 Å². The highest BCUT2D eigenvalue weighted by Crippen LogP contribution is 2.55. The molecule has 0 radical (unpaired) electrons. The zero-order valence-electron chi connectivity index (χ0n) is 17.8. The zero-order chi connectivity index (χ0) is 22.5. The molecule has 4 heteroatoms. The molecular weight excluding hydrogens is 414 g/mol. The van der Waals surface area contributed by atoms with Crippen LogP contribution in [0.15, 0.2) is 73.1 Å². The van der Waals surface area contributed by atoms with E-state index in [0.717, 1.165) is 33.4 Å². The number of halogens is 1. The van der Waals surface area contributed by atoms with Crippen molar-refractivity contribution in [3.8, 4) is 23.3 Å². The van der Waals surface area contributed by atoms with Gasteiger partial charge in [0, 0.05) is 28.9 Å². The third-order valence-corrected chi connectivity index (χ3v) is 6.96. The predicted octanol–water partition coefficient (Wildman–Crippen LogP) is 6.79. The highest BCUT2D eigenvalue weighted by atomic mass is 35.5. The normalized spacial score (nSPS) is 20.0. The molecule has 3 nitrogen and oxygen atoms in total. The van der Waals surface area contributed by atoms with Crippen LogP contribution < -0.4 is 0 Å². The van der Waals surface area contributed by atoms with Crippen molar-refractivity contribution in [3.05, 3.63) is 106 Å². The third kappa shape index (κ3) is 3.14. The molecule has 0 amide bonds. The first-order valence-corrected chi connectivity index (χ1v) is 10.9. The summed E-state index contributed by atoms with van der Waals surface area (Å²) in [5.74, 6) is 0.294. The predicted molar refractivity (Wildman–Crippen MR) is 127 cm³/mol. The molecule has 2 atom stereocenters. The van der Waals surface area contributed by atoms with Gasteiger partial charge in [-0.05, 0) is 75.6 Å². The molecule has 32 heavy (non-hydrogen) atoms. The largest absolute Gasteiger partial charge is 0.264 e. The Bertz CT molecular complexity index is 1380. The van der Waals surface area contributed by atoms with Gasteiger partial charge in [0.2, 0.25) is 0 Å². The Morgan fingerprint density at radius 3 is 2.53 bits per heavy atom. The molecule has 2 aromatic carbocycles. The second-order valence-corrected chi connectivity index (χ2v) is 9.37. The van der Waals surface area contributed by atoms with E-state index in [1.165, 1.54) is 0 Å². The fourth-order valence-corrected chi connectivity index (χ4v) is 5.38. The number of allylic oxidation sites excluding steroid dienone is 4. The molecular formula is C28H20ClN3. The molecule has 0 N–H and O–H groups in total. The van der Waals surface area contributed by atoms with E-state index in [1.54, 1.807) is 12.3 Å². The van der Waals surface area contributed by atoms with Crippen LogP contribution in [0.1, 0.15) is 47.6 Å². The molecule has 0 fully saturated rings. The van der Waals surface area contributed by atoms with Gasteiger partial charge in [0.1, 0.15) is 0 Å². The lowest BCUT2D eigenvalue weighted by Crippen LogP contribution is -2.25. The number of aromatic nitrogens is 1. The quantitative estimate of drug-likeness (QED) is 0.447. The van der Waals surface area contributed by atoms with E-state index in [9.17, 15) is 10.5 Å². The van der Waals surface area contributed by atoms with Crippen molar-refractivity contribution in [2.45, 2.75) is 25.2 Å². The van der Waals surface area contributed by atoms with Crippen LogP contribution in [-0.2, 0) is 5.41 Å². The van der Waals surface area contributed by atoms with E-state index >= 15 is 0 Å². The van der Waals surface area contributed by atoms with Crippen molar-refractivity contribution in [1.29, 1.82) is 10.5 Å². The minimum Gasteiger partial charge on any atom is -0.264 e. The van der Waals surface area contributed by atoms with Crippen LogP contribution in [0.2, 0.25) is 5.02 Å². The van der Waals surface area contributed by atoms with Crippen LogP contribution in [0, 0.1) is 28.6 Å². The monoisotopic (exact) mass is 433 g/mol. The molecule has 2 aliphatic carbocycles. The van der Waals surface area contributed by atoms with Gasteiger partial charge in [-0.25, -0.2) is 0 Å². The van der Waals surface area contributed by atoms with Gasteiger partial charge in [0.05, 0.1) is 23.3 Å². The van der Waals surface area contributed by atoms with Crippen molar-refractivity contribution in [1.82, 2.24) is 4.98 Å². The maximum atomic E-state index is 9.76. The minimum atomic E-state index is -0.209. The molecule has 1 heterocycles. The summed E-state index contributed by atoms with van der Waals surface area (Å²) in [5.41, 5.74) is 7.28. The summed E-state index contributed by atoms with van der Waals surface area (Å²) in [6.45, 7) is 4.40. The van der Waals surface area contributed by atoms with Crippen molar-refractivity contribution in [2.24, 2.45) is 5.92 Å². The number of nitriles is 2. The SMILES string of the molecule is CC1(C)c2cc(C#N)cc(C#N)c2C2C=CC(c3cc(Cl)cc(-c4cccnc4)c3)=CC21. The smallest absolute Gasteiger partial charge is 0.0995 e. The Labute approximate surface area is 192 Å². The van der Waals surface area contributed by atoms with Crippen molar-refractivity contribution < 1.29 is 0 Å². The Morgan fingerprint density at radius 1 is 1.00 bits per heavy atom. The number of rotatable bonds is 2. The molecule has 154 valence electrons. The Hall–Kier alpha value is -3.66. The van der Waals surface area contributed by atoms with Crippen molar-refractivity contribution in [3.63, 3.8) is 0 Å². The Kier molecular flexibility index (Phi) is 4.74. The molecule has 5 rings (SSSR count). The summed E-state index contributed by atoms with van der Waals surface area (Å²) in [7, 11) is 0. The average molecular weight is 434 g/mol. The molecule has 0 bridgehead atoms. The number of nitrogens with zero attached hydrogens (tertiary/aromatic N) is 3. The highest BCUT2D eigenvalue weighted by Gasteiger charge is 2.46. The third-order valence-electron chi connectivity index (χ3n) is 6.75. The topological polar surface area (TPSA) is 60.5 Å². The summed E-state index contributed by atoms with van der Waals surface area (Å²) in [6.07, 6.45) is 10.2. The molecule has 1 aromatic heterocycles. The van der Waals surface area contributed by atoms with Crippen LogP contribution in [0.25, 0.3) is 16.7 Å². The first-order valence-electron chi connectivity index (χ1n) is 10.5. The highest BCUT2D eigenvalue weighted by molar-refractivity contribution is 6.31. The molecule has 2 unspecified atom stereocenters. The second kappa shape index (κ2) is 7.49. The lowest BCUT2D eigenvalue weighted by atomic mass is 9.72. The van der Waals surface area contributed by atoms with Crippen LogP contribution >= 0.6 is 11.6 Å². The first-order chi connectivity index (χ1) is 15.4. The van der Waals surface area contributed by atoms with E-state index < -0.39 is 0 Å². The van der Waals surface area contributed by atoms with Crippen LogP contribution in [0.3, 0.4) is 0 Å². The fourth-order valence-electron chi connectivity index (χ4n) is 5.14. The summed E-state index contributed by atoms with van der Waals surface area (Å²) >= 11 is 6.49. The summed E-state index contributed by atoms with van der Waals surface area (Å²) in [5, 5.41) is 19.9. The van der Waals surface area contributed by atoms with Gasteiger partial charge in [0.15, 0.2) is 0 Å². The fraction of sp³-hybridized carbons (Fsp3) is 0.179. The maximum Gasteiger partial charge on any atom is 0.0995 e. The van der Waals surface area contributed by atoms with E-state index in [1.807, 2.05) is 36.5 Å². The lowest BCUT2D eigenvalue weighted by Gasteiger charge is -2.31. The summed E-state index contributed by atoms with van der Waals surface area (Å²) < 4.78 is 0. The van der Waals surface area contributed by atoms with Crippen molar-refractivity contribution in [2.75, 3.05) is 0 Å². The number of hydrogen-bond donors (Lipinski definition) is 0. The molecule has 3 aromatic rings. The molecule has 0 saturated carbocycles. The van der Waals surface area contributed by atoms with Gasteiger partial charge in [-0.3, -0.25) is 4.98 Å². The summed E-state index contributed by atoms with van der Waals surface area (Å²) in [4.78, 5) is 4.23. The number of fused-ring (bicyclic) bond motifs is 3. The van der Waals surface area contributed by atoms with Crippen LogP contribution in [0.4, 0.5) is 0 Å². The lowest BCUT2D eigenvalue weighted by molar-refractivity contribution is 0.395. The van der Waals surface area contributed by atoms with E-state index in [2.05, 4.69) is 55.3 Å². The van der Waals surface area contributed by atoms with Gasteiger partial charge in [-0.15, -0.1) is 0 Å². The maximum absolute atomic E-state index is 9.76. The average Bonchev–Trinajstić information content (AvgIpc) is 3.05. The standard InChI is InChI=1S/C28H20ClN3/c1-28(2)25-13-18(20-10-21(12-23(29)11-20)19-4-3-7-32-16-19)5-6-24(25)27-22(15-31)8-17(14-30)9-26(27)28/h3-13,16,24-25H,1-2H3. The molecule has 0 aliphatic heterocycles. The number of pyridine rings is 1. The van der Waals surface area contributed by atoms with Crippen LogP contribution in [-0.4, -0.2) is 4.98 Å². The van der Waals surface area contributed by atoms with Gasteiger partial charge in [-0.1, -0.05) is 49.7 Å². The minimum absolute atomic E-state index is 0.114. The molecule has 2 aliphatic rings. The zero-order valence-corrected chi connectivity index (χ0v) is 18.6. The van der Waals surface area contributed by atoms with Crippen molar-refractivity contribution >= 4 is 17.2 Å². The van der Waals surface area contributed by atoms with Gasteiger partial charge >= 0.3 is 0 Å². The van der Waals surface area contributed by atoms with Crippen LogP contribution in [0.5, 0.6) is 0 Å². The first kappa shape index (κ1) is 20.3. The van der Waals surface area contributed by atoms with Gasteiger partial charge in [0.25, 0.3) is 0 Å². The Balaban J connectivity index is 1.61. The molecule has 0 saturated heterocycles. The second-order valence-electron chi connectivity index (χ2n) is 8.93. The molecule has 0 spiro atoms. The Morgan fingerprint density at radius 2 is 1.81 bits per heavy atom. The summed E-state index contributed by atoms with van der Waals surface area (Å²) in [6, 6.07) is 18.2. The number of benzene rings is 2. The van der Waals surface area contributed by atoms with E-state index in [4.69, 9.17) is 11.6 Å².